The van der Waals surface area contributed by atoms with E-state index < -0.39 is 12.0 Å². The SMILES string of the molecule is COC(=O)C(C)NC(=O)c1ccc(COC(C)C)cc1. The first-order valence-electron chi connectivity index (χ1n) is 6.53. The Hall–Kier alpha value is -1.88. The maximum absolute atomic E-state index is 11.9. The van der Waals surface area contributed by atoms with Gasteiger partial charge < -0.3 is 14.8 Å². The van der Waals surface area contributed by atoms with E-state index in [1.807, 2.05) is 26.0 Å². The fourth-order valence-corrected chi connectivity index (χ4v) is 1.53. The summed E-state index contributed by atoms with van der Waals surface area (Å²) in [4.78, 5) is 23.1. The number of hydrogen-bond donors (Lipinski definition) is 1. The van der Waals surface area contributed by atoms with E-state index in [2.05, 4.69) is 10.1 Å². The maximum Gasteiger partial charge on any atom is 0.328 e. The molecule has 1 rings (SSSR count). The average Bonchev–Trinajstić information content (AvgIpc) is 2.44. The fourth-order valence-electron chi connectivity index (χ4n) is 1.53. The van der Waals surface area contributed by atoms with Gasteiger partial charge in [-0.15, -0.1) is 0 Å². The van der Waals surface area contributed by atoms with Crippen LogP contribution in [-0.4, -0.2) is 31.1 Å². The lowest BCUT2D eigenvalue weighted by molar-refractivity contribution is -0.142. The Kier molecular flexibility index (Phi) is 6.18. The summed E-state index contributed by atoms with van der Waals surface area (Å²) in [6.07, 6.45) is 0.166. The molecule has 0 spiro atoms. The molecule has 0 aliphatic heterocycles. The number of esters is 1. The fraction of sp³-hybridized carbons (Fsp3) is 0.467. The molecule has 0 bridgehead atoms. The number of hydrogen-bond acceptors (Lipinski definition) is 4. The van der Waals surface area contributed by atoms with Crippen LogP contribution >= 0.6 is 0 Å². The normalized spacial score (nSPS) is 12.1. The molecule has 1 aromatic carbocycles. The van der Waals surface area contributed by atoms with Crippen molar-refractivity contribution >= 4 is 11.9 Å². The van der Waals surface area contributed by atoms with E-state index in [1.54, 1.807) is 19.1 Å². The highest BCUT2D eigenvalue weighted by atomic mass is 16.5. The van der Waals surface area contributed by atoms with E-state index in [4.69, 9.17) is 4.74 Å². The van der Waals surface area contributed by atoms with Crippen LogP contribution in [0.15, 0.2) is 24.3 Å². The third-order valence-electron chi connectivity index (χ3n) is 2.70. The van der Waals surface area contributed by atoms with Crippen LogP contribution in [0.5, 0.6) is 0 Å². The average molecular weight is 279 g/mol. The lowest BCUT2D eigenvalue weighted by Crippen LogP contribution is -2.39. The minimum atomic E-state index is -0.670. The van der Waals surface area contributed by atoms with Crippen molar-refractivity contribution in [3.63, 3.8) is 0 Å². The molecule has 1 unspecified atom stereocenters. The van der Waals surface area contributed by atoms with Crippen LogP contribution in [-0.2, 0) is 20.9 Å². The molecule has 0 fully saturated rings. The first-order valence-corrected chi connectivity index (χ1v) is 6.53. The second kappa shape index (κ2) is 7.65. The molecule has 5 heteroatoms. The van der Waals surface area contributed by atoms with Crippen LogP contribution in [0.4, 0.5) is 0 Å². The highest BCUT2D eigenvalue weighted by molar-refractivity contribution is 5.96. The Morgan fingerprint density at radius 2 is 1.75 bits per heavy atom. The van der Waals surface area contributed by atoms with Crippen molar-refractivity contribution in [1.29, 1.82) is 0 Å². The van der Waals surface area contributed by atoms with E-state index in [9.17, 15) is 9.59 Å². The molecule has 0 aliphatic rings. The number of benzene rings is 1. The van der Waals surface area contributed by atoms with Crippen LogP contribution in [0.2, 0.25) is 0 Å². The zero-order valence-electron chi connectivity index (χ0n) is 12.3. The predicted molar refractivity (Wildman–Crippen MR) is 75.3 cm³/mol. The van der Waals surface area contributed by atoms with Crippen molar-refractivity contribution < 1.29 is 19.1 Å². The highest BCUT2D eigenvalue weighted by Crippen LogP contribution is 2.07. The topological polar surface area (TPSA) is 64.6 Å². The quantitative estimate of drug-likeness (QED) is 0.808. The van der Waals surface area contributed by atoms with Gasteiger partial charge in [0.1, 0.15) is 6.04 Å². The van der Waals surface area contributed by atoms with Gasteiger partial charge in [0, 0.05) is 5.56 Å². The van der Waals surface area contributed by atoms with Crippen molar-refractivity contribution in [2.24, 2.45) is 0 Å². The van der Waals surface area contributed by atoms with E-state index in [-0.39, 0.29) is 12.0 Å². The summed E-state index contributed by atoms with van der Waals surface area (Å²) in [5.41, 5.74) is 1.49. The van der Waals surface area contributed by atoms with Gasteiger partial charge in [0.05, 0.1) is 19.8 Å². The molecule has 0 aliphatic carbocycles. The second-order valence-corrected chi connectivity index (χ2v) is 4.77. The molecule has 1 atom stereocenters. The summed E-state index contributed by atoms with van der Waals surface area (Å²) in [5, 5.41) is 2.57. The molecule has 0 saturated heterocycles. The lowest BCUT2D eigenvalue weighted by atomic mass is 10.1. The summed E-state index contributed by atoms with van der Waals surface area (Å²) < 4.78 is 10.0. The Morgan fingerprint density at radius 1 is 1.15 bits per heavy atom. The van der Waals surface area contributed by atoms with Crippen LogP contribution < -0.4 is 5.32 Å². The minimum absolute atomic E-state index is 0.166. The van der Waals surface area contributed by atoms with Gasteiger partial charge >= 0.3 is 5.97 Å². The van der Waals surface area contributed by atoms with Gasteiger partial charge in [-0.3, -0.25) is 4.79 Å². The van der Waals surface area contributed by atoms with E-state index >= 15 is 0 Å². The zero-order valence-corrected chi connectivity index (χ0v) is 12.3. The van der Waals surface area contributed by atoms with Crippen molar-refractivity contribution in [2.45, 2.75) is 39.5 Å². The van der Waals surface area contributed by atoms with Gasteiger partial charge in [0.15, 0.2) is 0 Å². The smallest absolute Gasteiger partial charge is 0.328 e. The number of carbonyl (C=O) groups is 2. The Morgan fingerprint density at radius 3 is 2.25 bits per heavy atom. The van der Waals surface area contributed by atoms with Crippen molar-refractivity contribution in [3.05, 3.63) is 35.4 Å². The van der Waals surface area contributed by atoms with Crippen molar-refractivity contribution in [3.8, 4) is 0 Å². The third kappa shape index (κ3) is 5.01. The third-order valence-corrected chi connectivity index (χ3v) is 2.70. The summed E-state index contributed by atoms with van der Waals surface area (Å²) in [7, 11) is 1.29. The zero-order chi connectivity index (χ0) is 15.1. The van der Waals surface area contributed by atoms with Crippen LogP contribution in [0.3, 0.4) is 0 Å². The molecule has 1 amide bonds. The largest absolute Gasteiger partial charge is 0.467 e. The predicted octanol–water partition coefficient (Wildman–Crippen LogP) is 1.90. The minimum Gasteiger partial charge on any atom is -0.467 e. The standard InChI is InChI=1S/C15H21NO4/c1-10(2)20-9-12-5-7-13(8-6-12)14(17)16-11(3)15(18)19-4/h5-8,10-11H,9H2,1-4H3,(H,16,17). The van der Waals surface area contributed by atoms with Gasteiger partial charge in [-0.25, -0.2) is 4.79 Å². The molecule has 0 radical (unpaired) electrons. The molecule has 0 heterocycles. The Labute approximate surface area is 119 Å². The van der Waals surface area contributed by atoms with Gasteiger partial charge in [-0.1, -0.05) is 12.1 Å². The summed E-state index contributed by atoms with van der Waals surface area (Å²) in [5.74, 6) is -0.778. The van der Waals surface area contributed by atoms with Crippen LogP contribution in [0, 0.1) is 0 Å². The number of carbonyl (C=O) groups excluding carboxylic acids is 2. The molecule has 5 nitrogen and oxygen atoms in total. The van der Waals surface area contributed by atoms with Gasteiger partial charge in [0.2, 0.25) is 0 Å². The molecule has 1 aromatic rings. The molecular formula is C15H21NO4. The molecule has 0 aromatic heterocycles. The van der Waals surface area contributed by atoms with Gasteiger partial charge in [0.25, 0.3) is 5.91 Å². The number of methoxy groups -OCH3 is 1. The lowest BCUT2D eigenvalue weighted by Gasteiger charge is -2.12. The monoisotopic (exact) mass is 279 g/mol. The molecule has 0 saturated carbocycles. The molecule has 110 valence electrons. The summed E-state index contributed by atoms with van der Waals surface area (Å²) in [6.45, 7) is 6.03. The van der Waals surface area contributed by atoms with Crippen LogP contribution in [0.25, 0.3) is 0 Å². The maximum atomic E-state index is 11.9. The van der Waals surface area contributed by atoms with E-state index in [0.29, 0.717) is 12.2 Å². The Bertz CT molecular complexity index is 453. The number of ether oxygens (including phenoxy) is 2. The molecule has 1 N–H and O–H groups in total. The van der Waals surface area contributed by atoms with E-state index in [0.717, 1.165) is 5.56 Å². The molecular weight excluding hydrogens is 258 g/mol. The van der Waals surface area contributed by atoms with Crippen molar-refractivity contribution in [2.75, 3.05) is 7.11 Å². The summed E-state index contributed by atoms with van der Waals surface area (Å²) in [6, 6.07) is 6.41. The first-order chi connectivity index (χ1) is 9.43. The highest BCUT2D eigenvalue weighted by Gasteiger charge is 2.16. The Balaban J connectivity index is 2.59. The molecule has 20 heavy (non-hydrogen) atoms. The van der Waals surface area contributed by atoms with Crippen molar-refractivity contribution in [1.82, 2.24) is 5.32 Å². The number of rotatable bonds is 6. The number of amides is 1. The first kappa shape index (κ1) is 16.2. The second-order valence-electron chi connectivity index (χ2n) is 4.77. The van der Waals surface area contributed by atoms with Crippen LogP contribution in [0.1, 0.15) is 36.7 Å². The van der Waals surface area contributed by atoms with E-state index in [1.165, 1.54) is 7.11 Å². The van der Waals surface area contributed by atoms with Gasteiger partial charge in [-0.2, -0.15) is 0 Å². The van der Waals surface area contributed by atoms with Gasteiger partial charge in [-0.05, 0) is 38.5 Å². The number of nitrogens with one attached hydrogen (secondary N) is 1. The summed E-state index contributed by atoms with van der Waals surface area (Å²) >= 11 is 0.